The van der Waals surface area contributed by atoms with Gasteiger partial charge >= 0.3 is 0 Å². The van der Waals surface area contributed by atoms with Crippen LogP contribution < -0.4 is 5.73 Å². The smallest absolute Gasteiger partial charge is 0.273 e. The highest BCUT2D eigenvalue weighted by atomic mass is 16.2. The van der Waals surface area contributed by atoms with E-state index in [1.165, 1.54) is 0 Å². The second-order valence-corrected chi connectivity index (χ2v) is 7.58. The highest BCUT2D eigenvalue weighted by molar-refractivity contribution is 5.94. The molecule has 2 aliphatic rings. The molecule has 136 valence electrons. The van der Waals surface area contributed by atoms with Crippen molar-refractivity contribution in [1.82, 2.24) is 24.8 Å². The first-order valence-corrected chi connectivity index (χ1v) is 9.29. The summed E-state index contributed by atoms with van der Waals surface area (Å²) in [6, 6.07) is 0. The number of aromatic nitrogens is 4. The van der Waals surface area contributed by atoms with E-state index in [4.69, 9.17) is 5.73 Å². The Balaban J connectivity index is 1.59. The minimum atomic E-state index is -0.0827. The molecule has 2 aromatic rings. The molecule has 0 saturated heterocycles. The lowest BCUT2D eigenvalue weighted by atomic mass is 9.94. The number of nitrogen functional groups attached to an aromatic ring is 1. The van der Waals surface area contributed by atoms with Gasteiger partial charge in [-0.2, -0.15) is 0 Å². The molecule has 2 N–H and O–H groups in total. The zero-order valence-corrected chi connectivity index (χ0v) is 15.3. The minimum absolute atomic E-state index is 0.0827. The van der Waals surface area contributed by atoms with Crippen LogP contribution in [0.3, 0.4) is 0 Å². The molecule has 1 aliphatic carbocycles. The van der Waals surface area contributed by atoms with Gasteiger partial charge in [0.25, 0.3) is 5.91 Å². The highest BCUT2D eigenvalue weighted by Gasteiger charge is 2.30. The Morgan fingerprint density at radius 1 is 1.15 bits per heavy atom. The van der Waals surface area contributed by atoms with Gasteiger partial charge in [0, 0.05) is 36.0 Å². The first-order valence-electron chi connectivity index (χ1n) is 9.29. The number of nitrogens with two attached hydrogens (primary N) is 1. The lowest BCUT2D eigenvalue weighted by Gasteiger charge is -2.21. The summed E-state index contributed by atoms with van der Waals surface area (Å²) in [6.07, 6.45) is 6.56. The van der Waals surface area contributed by atoms with E-state index >= 15 is 0 Å². The van der Waals surface area contributed by atoms with Gasteiger partial charge in [0.2, 0.25) is 5.95 Å². The number of aryl methyl sites for hydroxylation is 1. The van der Waals surface area contributed by atoms with Crippen molar-refractivity contribution in [3.63, 3.8) is 0 Å². The van der Waals surface area contributed by atoms with Gasteiger partial charge in [-0.05, 0) is 31.6 Å². The Labute approximate surface area is 153 Å². The van der Waals surface area contributed by atoms with Crippen molar-refractivity contribution in [1.29, 1.82) is 0 Å². The number of fused-ring (bicyclic) bond motifs is 2. The molecular formula is C19H24N6O. The quantitative estimate of drug-likeness (QED) is 0.908. The lowest BCUT2D eigenvalue weighted by Crippen LogP contribution is -2.29. The summed E-state index contributed by atoms with van der Waals surface area (Å²) in [5.41, 5.74) is 10.2. The maximum Gasteiger partial charge on any atom is 0.273 e. The van der Waals surface area contributed by atoms with Crippen molar-refractivity contribution in [2.75, 3.05) is 5.73 Å². The van der Waals surface area contributed by atoms with Gasteiger partial charge in [-0.1, -0.05) is 13.8 Å². The van der Waals surface area contributed by atoms with Crippen molar-refractivity contribution in [3.8, 4) is 0 Å². The van der Waals surface area contributed by atoms with Crippen LogP contribution in [0.1, 0.15) is 65.5 Å². The number of rotatable bonds is 3. The molecule has 0 bridgehead atoms. The molecule has 0 aromatic carbocycles. The van der Waals surface area contributed by atoms with Crippen LogP contribution in [0.2, 0.25) is 0 Å². The number of carbonyl (C=O) groups is 1. The number of amides is 1. The van der Waals surface area contributed by atoms with Gasteiger partial charge < -0.3 is 10.6 Å². The van der Waals surface area contributed by atoms with Crippen LogP contribution >= 0.6 is 0 Å². The minimum Gasteiger partial charge on any atom is -0.368 e. The molecule has 3 heterocycles. The molecule has 4 rings (SSSR count). The van der Waals surface area contributed by atoms with Crippen molar-refractivity contribution in [2.24, 2.45) is 5.92 Å². The zero-order valence-electron chi connectivity index (χ0n) is 15.3. The standard InChI is InChI=1S/C19H24N6O/c1-11(2)7-16-21-8-12-9-25(10-15(12)22-16)18(26)17-13-5-3-4-6-14(13)23-19(20)24-17/h8,11H,3-7,9-10H2,1-2H3,(H2,20,23,24). The van der Waals surface area contributed by atoms with Crippen LogP contribution in [0.5, 0.6) is 0 Å². The predicted molar refractivity (Wildman–Crippen MR) is 97.2 cm³/mol. The molecule has 1 aliphatic heterocycles. The maximum absolute atomic E-state index is 13.1. The molecule has 0 spiro atoms. The average molecular weight is 352 g/mol. The predicted octanol–water partition coefficient (Wildman–Crippen LogP) is 2.08. The van der Waals surface area contributed by atoms with E-state index in [0.29, 0.717) is 24.7 Å². The molecule has 0 saturated carbocycles. The third-order valence-electron chi connectivity index (χ3n) is 4.99. The number of carbonyl (C=O) groups excluding carboxylic acids is 1. The molecule has 0 fully saturated rings. The van der Waals surface area contributed by atoms with Crippen LogP contribution in [0.15, 0.2) is 6.20 Å². The Morgan fingerprint density at radius 2 is 1.96 bits per heavy atom. The molecule has 1 amide bonds. The Kier molecular flexibility index (Phi) is 4.30. The van der Waals surface area contributed by atoms with Gasteiger partial charge in [-0.15, -0.1) is 0 Å². The van der Waals surface area contributed by atoms with Crippen molar-refractivity contribution in [2.45, 2.75) is 59.0 Å². The second kappa shape index (κ2) is 6.63. The Morgan fingerprint density at radius 3 is 2.77 bits per heavy atom. The van der Waals surface area contributed by atoms with E-state index in [0.717, 1.165) is 60.4 Å². The average Bonchev–Trinajstić information content (AvgIpc) is 3.03. The third kappa shape index (κ3) is 3.13. The normalized spacial score (nSPS) is 15.9. The van der Waals surface area contributed by atoms with E-state index < -0.39 is 0 Å². The largest absolute Gasteiger partial charge is 0.368 e. The molecular weight excluding hydrogens is 328 g/mol. The van der Waals surface area contributed by atoms with Crippen molar-refractivity contribution >= 4 is 11.9 Å². The van der Waals surface area contributed by atoms with Crippen LogP contribution in [-0.4, -0.2) is 30.7 Å². The van der Waals surface area contributed by atoms with Crippen LogP contribution in [0, 0.1) is 5.92 Å². The number of anilines is 1. The third-order valence-corrected chi connectivity index (χ3v) is 4.99. The van der Waals surface area contributed by atoms with Crippen LogP contribution in [0.25, 0.3) is 0 Å². The SMILES string of the molecule is CC(C)Cc1ncc2c(n1)CN(C(=O)c1nc(N)nc3c1CCCC3)C2. The molecule has 0 radical (unpaired) electrons. The fourth-order valence-electron chi connectivity index (χ4n) is 3.74. The van der Waals surface area contributed by atoms with E-state index in [9.17, 15) is 4.79 Å². The fourth-order valence-corrected chi connectivity index (χ4v) is 3.74. The topological polar surface area (TPSA) is 97.9 Å². The molecule has 7 heteroatoms. The molecule has 2 aromatic heterocycles. The first-order chi connectivity index (χ1) is 12.5. The van der Waals surface area contributed by atoms with Crippen molar-refractivity contribution in [3.05, 3.63) is 40.2 Å². The van der Waals surface area contributed by atoms with Crippen LogP contribution in [-0.2, 0) is 32.4 Å². The van der Waals surface area contributed by atoms with E-state index in [2.05, 4.69) is 33.8 Å². The van der Waals surface area contributed by atoms with Crippen LogP contribution in [0.4, 0.5) is 5.95 Å². The van der Waals surface area contributed by atoms with Gasteiger partial charge in [0.15, 0.2) is 0 Å². The monoisotopic (exact) mass is 352 g/mol. The summed E-state index contributed by atoms with van der Waals surface area (Å²) in [4.78, 5) is 32.7. The first kappa shape index (κ1) is 16.9. The molecule has 0 unspecified atom stereocenters. The lowest BCUT2D eigenvalue weighted by molar-refractivity contribution is 0.0742. The number of nitrogens with zero attached hydrogens (tertiary/aromatic N) is 5. The van der Waals surface area contributed by atoms with Gasteiger partial charge in [-0.25, -0.2) is 19.9 Å². The van der Waals surface area contributed by atoms with Gasteiger partial charge in [0.1, 0.15) is 11.5 Å². The number of hydrogen-bond donors (Lipinski definition) is 1. The molecule has 0 atom stereocenters. The Bertz CT molecular complexity index is 863. The summed E-state index contributed by atoms with van der Waals surface area (Å²) >= 11 is 0. The number of hydrogen-bond acceptors (Lipinski definition) is 6. The van der Waals surface area contributed by atoms with Gasteiger partial charge in [0.05, 0.1) is 12.2 Å². The van der Waals surface area contributed by atoms with E-state index in [-0.39, 0.29) is 11.9 Å². The second-order valence-electron chi connectivity index (χ2n) is 7.58. The molecule has 7 nitrogen and oxygen atoms in total. The Hall–Kier alpha value is -2.57. The zero-order chi connectivity index (χ0) is 18.3. The summed E-state index contributed by atoms with van der Waals surface area (Å²) in [7, 11) is 0. The summed E-state index contributed by atoms with van der Waals surface area (Å²) < 4.78 is 0. The van der Waals surface area contributed by atoms with Crippen molar-refractivity contribution < 1.29 is 4.79 Å². The summed E-state index contributed by atoms with van der Waals surface area (Å²) in [5.74, 6) is 1.45. The fraction of sp³-hybridized carbons (Fsp3) is 0.526. The maximum atomic E-state index is 13.1. The molecule has 26 heavy (non-hydrogen) atoms. The van der Waals surface area contributed by atoms with E-state index in [1.807, 2.05) is 6.20 Å². The van der Waals surface area contributed by atoms with E-state index in [1.54, 1.807) is 4.90 Å². The van der Waals surface area contributed by atoms with Gasteiger partial charge in [-0.3, -0.25) is 4.79 Å². The summed E-state index contributed by atoms with van der Waals surface area (Å²) in [5, 5.41) is 0. The highest BCUT2D eigenvalue weighted by Crippen LogP contribution is 2.27. The summed E-state index contributed by atoms with van der Waals surface area (Å²) in [6.45, 7) is 5.32.